The number of fused-ring (bicyclic) bond motifs is 1. The molecule has 2 rings (SSSR count). The van der Waals surface area contributed by atoms with Crippen molar-refractivity contribution in [1.82, 2.24) is 15.2 Å². The van der Waals surface area contributed by atoms with Crippen LogP contribution in [0.15, 0.2) is 24.5 Å². The molecule has 0 bridgehead atoms. The van der Waals surface area contributed by atoms with Crippen LogP contribution in [0.25, 0.3) is 17.1 Å². The molecule has 0 atom stereocenters. The molecule has 0 fully saturated rings. The van der Waals surface area contributed by atoms with Crippen molar-refractivity contribution < 1.29 is 0 Å². The van der Waals surface area contributed by atoms with Crippen molar-refractivity contribution in [1.29, 1.82) is 0 Å². The summed E-state index contributed by atoms with van der Waals surface area (Å²) < 4.78 is 0. The van der Waals surface area contributed by atoms with E-state index in [0.29, 0.717) is 0 Å². The van der Waals surface area contributed by atoms with Gasteiger partial charge in [0.25, 0.3) is 0 Å². The molecule has 0 spiro atoms. The van der Waals surface area contributed by atoms with Crippen molar-refractivity contribution in [3.8, 4) is 0 Å². The maximum atomic E-state index is 4.26. The highest BCUT2D eigenvalue weighted by Crippen LogP contribution is 2.10. The van der Waals surface area contributed by atoms with Crippen molar-refractivity contribution in [2.45, 2.75) is 6.42 Å². The molecule has 2 aromatic rings. The largest absolute Gasteiger partial charge is 0.276 e. The van der Waals surface area contributed by atoms with Crippen LogP contribution in [0.2, 0.25) is 0 Å². The van der Waals surface area contributed by atoms with E-state index in [-0.39, 0.29) is 0 Å². The number of aromatic nitrogens is 3. The Hall–Kier alpha value is -1.29. The predicted molar refractivity (Wildman–Crippen MR) is 61.4 cm³/mol. The molecule has 0 amide bonds. The van der Waals surface area contributed by atoms with Crippen LogP contribution < -0.4 is 0 Å². The van der Waals surface area contributed by atoms with Crippen LogP contribution in [-0.2, 0) is 0 Å². The molecule has 0 aliphatic carbocycles. The van der Waals surface area contributed by atoms with Gasteiger partial charge in [0.1, 0.15) is 5.52 Å². The summed E-state index contributed by atoms with van der Waals surface area (Å²) in [5.41, 5.74) is 2.96. The molecule has 2 heterocycles. The van der Waals surface area contributed by atoms with Crippen LogP contribution in [0.3, 0.4) is 0 Å². The molecule has 72 valence electrons. The fourth-order valence-corrected chi connectivity index (χ4v) is 1.38. The molecule has 0 aliphatic rings. The lowest BCUT2D eigenvalue weighted by Crippen LogP contribution is -1.78. The highest BCUT2D eigenvalue weighted by Gasteiger charge is 1.95. The molecule has 0 aliphatic heterocycles. The summed E-state index contributed by atoms with van der Waals surface area (Å²) in [6, 6.07) is 2.03. The lowest BCUT2D eigenvalue weighted by molar-refractivity contribution is 1.12. The van der Waals surface area contributed by atoms with E-state index in [1.807, 2.05) is 18.3 Å². The van der Waals surface area contributed by atoms with Gasteiger partial charge in [-0.1, -0.05) is 12.2 Å². The zero-order valence-corrected chi connectivity index (χ0v) is 8.54. The summed E-state index contributed by atoms with van der Waals surface area (Å²) in [5.74, 6) is 0.871. The van der Waals surface area contributed by atoms with Gasteiger partial charge in [-0.15, -0.1) is 0 Å². The minimum atomic E-state index is 0.871. The van der Waals surface area contributed by atoms with E-state index in [2.05, 4.69) is 33.9 Å². The van der Waals surface area contributed by atoms with Gasteiger partial charge in [0.15, 0.2) is 0 Å². The van der Waals surface area contributed by atoms with Gasteiger partial charge < -0.3 is 0 Å². The first-order chi connectivity index (χ1) is 6.90. The average molecular weight is 205 g/mol. The number of nitrogens with zero attached hydrogens (tertiary/aromatic N) is 2. The fourth-order valence-electron chi connectivity index (χ4n) is 1.23. The van der Waals surface area contributed by atoms with Crippen molar-refractivity contribution in [3.63, 3.8) is 0 Å². The Kier molecular flexibility index (Phi) is 2.84. The number of H-pyrrole nitrogens is 1. The van der Waals surface area contributed by atoms with Gasteiger partial charge in [0.05, 0.1) is 11.7 Å². The summed E-state index contributed by atoms with van der Waals surface area (Å²) >= 11 is 4.13. The Balaban J connectivity index is 2.25. The molecule has 0 radical (unpaired) electrons. The second-order valence-electron chi connectivity index (χ2n) is 2.99. The maximum absolute atomic E-state index is 4.26. The third kappa shape index (κ3) is 1.96. The van der Waals surface area contributed by atoms with Gasteiger partial charge in [0, 0.05) is 6.20 Å². The van der Waals surface area contributed by atoms with Gasteiger partial charge in [-0.2, -0.15) is 17.7 Å². The van der Waals surface area contributed by atoms with Gasteiger partial charge in [-0.3, -0.25) is 10.1 Å². The van der Waals surface area contributed by atoms with Gasteiger partial charge in [0.2, 0.25) is 0 Å². The molecule has 2 aromatic heterocycles. The van der Waals surface area contributed by atoms with Gasteiger partial charge in [-0.05, 0) is 23.8 Å². The van der Waals surface area contributed by atoms with Crippen LogP contribution >= 0.6 is 12.6 Å². The normalized spacial score (nSPS) is 11.5. The number of hydrogen-bond acceptors (Lipinski definition) is 3. The Morgan fingerprint density at radius 1 is 1.43 bits per heavy atom. The lowest BCUT2D eigenvalue weighted by Gasteiger charge is -1.92. The van der Waals surface area contributed by atoms with Crippen molar-refractivity contribution in [3.05, 3.63) is 30.1 Å². The van der Waals surface area contributed by atoms with E-state index < -0.39 is 0 Å². The number of hydrogen-bond donors (Lipinski definition) is 2. The quantitative estimate of drug-likeness (QED) is 0.755. The van der Waals surface area contributed by atoms with Crippen LogP contribution in [0.1, 0.15) is 12.0 Å². The third-order valence-corrected chi connectivity index (χ3v) is 2.18. The zero-order valence-electron chi connectivity index (χ0n) is 7.64. The molecule has 0 aromatic carbocycles. The highest BCUT2D eigenvalue weighted by atomic mass is 32.1. The summed E-state index contributed by atoms with van der Waals surface area (Å²) in [7, 11) is 0. The molecule has 1 N–H and O–H groups in total. The smallest absolute Gasteiger partial charge is 0.108 e. The van der Waals surface area contributed by atoms with E-state index >= 15 is 0 Å². The fraction of sp³-hybridized carbons (Fsp3) is 0.200. The minimum absolute atomic E-state index is 0.871. The Morgan fingerprint density at radius 2 is 2.36 bits per heavy atom. The van der Waals surface area contributed by atoms with Crippen LogP contribution in [0.4, 0.5) is 0 Å². The number of nitrogens with one attached hydrogen (secondary N) is 1. The van der Waals surface area contributed by atoms with Gasteiger partial charge >= 0.3 is 0 Å². The van der Waals surface area contributed by atoms with Crippen molar-refractivity contribution in [2.24, 2.45) is 0 Å². The summed E-state index contributed by atoms with van der Waals surface area (Å²) in [6.07, 6.45) is 8.67. The first kappa shape index (κ1) is 9.27. The Morgan fingerprint density at radius 3 is 3.21 bits per heavy atom. The Bertz CT molecular complexity index is 447. The second kappa shape index (κ2) is 4.28. The summed E-state index contributed by atoms with van der Waals surface area (Å²) in [4.78, 5) is 4.26. The summed E-state index contributed by atoms with van der Waals surface area (Å²) in [5, 5.41) is 6.80. The molecule has 4 heteroatoms. The predicted octanol–water partition coefficient (Wildman–Crippen LogP) is 2.29. The van der Waals surface area contributed by atoms with Crippen LogP contribution in [0.5, 0.6) is 0 Å². The number of pyridine rings is 1. The second-order valence-corrected chi connectivity index (χ2v) is 3.43. The number of rotatable bonds is 3. The monoisotopic (exact) mass is 205 g/mol. The lowest BCUT2D eigenvalue weighted by atomic mass is 10.2. The Labute approximate surface area is 87.7 Å². The van der Waals surface area contributed by atoms with Crippen LogP contribution in [0, 0.1) is 0 Å². The number of allylic oxidation sites excluding steroid dienone is 1. The van der Waals surface area contributed by atoms with E-state index in [4.69, 9.17) is 0 Å². The number of aromatic amines is 1. The SMILES string of the molecule is SCCC=Cc1cnc2cn[nH]c2c1. The average Bonchev–Trinajstić information content (AvgIpc) is 2.65. The van der Waals surface area contributed by atoms with Crippen molar-refractivity contribution in [2.75, 3.05) is 5.75 Å². The van der Waals surface area contributed by atoms with E-state index in [1.165, 1.54) is 0 Å². The van der Waals surface area contributed by atoms with Crippen LogP contribution in [-0.4, -0.2) is 20.9 Å². The molecular weight excluding hydrogens is 194 g/mol. The molecule has 3 nitrogen and oxygen atoms in total. The van der Waals surface area contributed by atoms with E-state index in [0.717, 1.165) is 28.8 Å². The number of thiol groups is 1. The van der Waals surface area contributed by atoms with Crippen molar-refractivity contribution >= 4 is 29.7 Å². The van der Waals surface area contributed by atoms with Gasteiger partial charge in [-0.25, -0.2) is 0 Å². The molecule has 0 saturated heterocycles. The topological polar surface area (TPSA) is 41.6 Å². The van der Waals surface area contributed by atoms with E-state index in [1.54, 1.807) is 6.20 Å². The summed E-state index contributed by atoms with van der Waals surface area (Å²) in [6.45, 7) is 0. The molecule has 0 unspecified atom stereocenters. The van der Waals surface area contributed by atoms with E-state index in [9.17, 15) is 0 Å². The third-order valence-electron chi connectivity index (χ3n) is 1.92. The molecule has 0 saturated carbocycles. The first-order valence-corrected chi connectivity index (χ1v) is 5.10. The molecular formula is C10H11N3S. The molecule has 14 heavy (non-hydrogen) atoms. The zero-order chi connectivity index (χ0) is 9.80. The minimum Gasteiger partial charge on any atom is -0.276 e. The standard InChI is InChI=1S/C10H11N3S/c14-4-2-1-3-8-5-9-10(11-6-8)7-12-13-9/h1,3,5-7,14H,2,4H2,(H,12,13). The highest BCUT2D eigenvalue weighted by molar-refractivity contribution is 7.80. The first-order valence-electron chi connectivity index (χ1n) is 4.46. The maximum Gasteiger partial charge on any atom is 0.108 e.